The minimum atomic E-state index is -1.37. The second kappa shape index (κ2) is 37.4. The van der Waals surface area contributed by atoms with Crippen LogP contribution in [0.4, 0.5) is 0 Å². The van der Waals surface area contributed by atoms with Gasteiger partial charge in [0.15, 0.2) is 11.9 Å². The molecule has 23 N–H and O–H groups in total. The van der Waals surface area contributed by atoms with Crippen molar-refractivity contribution in [2.24, 2.45) is 40.5 Å². The summed E-state index contributed by atoms with van der Waals surface area (Å²) in [5.41, 5.74) is 31.5. The first-order chi connectivity index (χ1) is 41.9. The van der Waals surface area contributed by atoms with Gasteiger partial charge in [-0.25, -0.2) is 4.79 Å². The number of hydrogen-bond donors (Lipinski definition) is 18. The molecule has 0 radical (unpaired) electrons. The highest BCUT2D eigenvalue weighted by Gasteiger charge is 2.40. The van der Waals surface area contributed by atoms with Crippen LogP contribution < -0.4 is 76.5 Å². The molecule has 28 heteroatoms. The van der Waals surface area contributed by atoms with Gasteiger partial charge in [-0.15, -0.1) is 0 Å². The summed E-state index contributed by atoms with van der Waals surface area (Å²) >= 11 is 0. The van der Waals surface area contributed by atoms with Crippen molar-refractivity contribution in [2.45, 2.75) is 178 Å². The number of carbonyl (C=O) groups excluding carboxylic acids is 8. The average molecular weight is 1230 g/mol. The first kappa shape index (κ1) is 72.1. The van der Waals surface area contributed by atoms with Crippen LogP contribution in [0.1, 0.15) is 122 Å². The Bertz CT molecular complexity index is 2800. The average Bonchev–Trinajstić information content (AvgIpc) is 4.35. The van der Waals surface area contributed by atoms with E-state index >= 15 is 0 Å². The molecule has 1 saturated heterocycles. The molecule has 8 amide bonds. The summed E-state index contributed by atoms with van der Waals surface area (Å²) in [6, 6.07) is 5.62. The number of H-pyrrole nitrogens is 1. The summed E-state index contributed by atoms with van der Waals surface area (Å²) < 4.78 is 0. The number of unbranched alkanes of at least 4 members (excludes halogenated alkanes) is 2. The van der Waals surface area contributed by atoms with Crippen LogP contribution in [-0.4, -0.2) is 167 Å². The molecule has 3 aromatic rings. The lowest BCUT2D eigenvalue weighted by atomic mass is 9.99. The lowest BCUT2D eigenvalue weighted by Gasteiger charge is -2.31. The fraction of sp³-hybridized carbons (Fsp3) is 0.583. The zero-order valence-electron chi connectivity index (χ0n) is 51.2. The number of rotatable bonds is 39. The molecule has 2 aromatic carbocycles. The number of aromatic nitrogens is 1. The van der Waals surface area contributed by atoms with Gasteiger partial charge >= 0.3 is 5.97 Å². The van der Waals surface area contributed by atoms with Crippen molar-refractivity contribution >= 4 is 76.0 Å². The molecule has 88 heavy (non-hydrogen) atoms. The van der Waals surface area contributed by atoms with Crippen LogP contribution in [0.15, 0.2) is 60.8 Å². The maximum absolute atomic E-state index is 14.7. The third-order valence-electron chi connectivity index (χ3n) is 15.2. The maximum Gasteiger partial charge on any atom is 0.326 e. The quantitative estimate of drug-likeness (QED) is 0.0190. The second-order valence-electron chi connectivity index (χ2n) is 23.1. The number of nitrogens with one attached hydrogen (secondary N) is 12. The van der Waals surface area contributed by atoms with Gasteiger partial charge in [-0.2, -0.15) is 0 Å². The van der Waals surface area contributed by atoms with Crippen LogP contribution in [0.3, 0.4) is 0 Å². The van der Waals surface area contributed by atoms with Gasteiger partial charge in [0.05, 0.1) is 6.04 Å². The molecule has 0 aliphatic carbocycles. The lowest BCUT2D eigenvalue weighted by molar-refractivity contribution is -0.150. The Labute approximate surface area is 514 Å². The Balaban J connectivity index is 1.62. The van der Waals surface area contributed by atoms with Crippen LogP contribution in [-0.2, 0) is 56.0 Å². The van der Waals surface area contributed by atoms with E-state index in [-0.39, 0.29) is 115 Å². The van der Waals surface area contributed by atoms with E-state index in [2.05, 4.69) is 52.8 Å². The van der Waals surface area contributed by atoms with Crippen LogP contribution in [0, 0.1) is 22.7 Å². The van der Waals surface area contributed by atoms with Crippen molar-refractivity contribution in [3.8, 4) is 0 Å². The Morgan fingerprint density at radius 2 is 1.05 bits per heavy atom. The number of hydrogen-bond acceptors (Lipinski definition) is 14. The lowest BCUT2D eigenvalue weighted by Crippen LogP contribution is -2.61. The van der Waals surface area contributed by atoms with E-state index in [1.54, 1.807) is 20.0 Å². The molecule has 4 rings (SSSR count). The molecule has 9 atom stereocenters. The number of nitrogens with two attached hydrogens (primary N) is 5. The molecule has 0 spiro atoms. The third kappa shape index (κ3) is 24.1. The van der Waals surface area contributed by atoms with E-state index in [0.29, 0.717) is 32.1 Å². The van der Waals surface area contributed by atoms with Crippen LogP contribution in [0.25, 0.3) is 10.9 Å². The summed E-state index contributed by atoms with van der Waals surface area (Å²) in [6.07, 6.45) is 4.69. The largest absolute Gasteiger partial charge is 0.480 e. The van der Waals surface area contributed by atoms with Gasteiger partial charge in [-0.05, 0) is 132 Å². The normalized spacial score (nSPS) is 15.7. The van der Waals surface area contributed by atoms with Gasteiger partial charge in [0.25, 0.3) is 0 Å². The summed E-state index contributed by atoms with van der Waals surface area (Å²) in [7, 11) is 0. The summed E-state index contributed by atoms with van der Waals surface area (Å²) in [5, 5.41) is 50.7. The van der Waals surface area contributed by atoms with Gasteiger partial charge < -0.3 is 91.5 Å². The number of amides is 8. The van der Waals surface area contributed by atoms with Crippen molar-refractivity contribution in [3.63, 3.8) is 0 Å². The van der Waals surface area contributed by atoms with Crippen LogP contribution >= 0.6 is 0 Å². The smallest absolute Gasteiger partial charge is 0.326 e. The Morgan fingerprint density at radius 3 is 1.53 bits per heavy atom. The minimum Gasteiger partial charge on any atom is -0.480 e. The standard InChI is InChI=1S/C60H96N18O10/c1-35(2)31-46(76-56(85)47(33-38-34-70-41-20-9-8-19-39(38)41)75-50(79)40(63)32-37-17-6-5-7-18-37)55(84)74-43(22-11-13-27-62)52(81)72-44(23-14-28-68-59(64)65)53(82)71-42(21-10-12-26-61)51(80)73-45(24-15-29-69-60(66)67)54(83)77-49(36(3)4)57(86)78-30-16-25-48(78)58(87)88/h5-9,17-20,34-36,40,42-49,70H,10-16,21-33,61-63H2,1-4H3,(H,71,82)(H,72,81)(H,73,80)(H,74,84)(H,75,79)(H,76,85)(H,77,83)(H,87,88)(H4,64,65,68)(H4,66,67,69)/t40-,42-,43-,44-,45-,46-,47-,48-,49-/m0/s1. The molecule has 0 unspecified atom stereocenters. The number of fused-ring (bicyclic) bond motifs is 1. The molecule has 1 fully saturated rings. The van der Waals surface area contributed by atoms with Gasteiger partial charge in [-0.3, -0.25) is 49.2 Å². The number of para-hydroxylation sites is 1. The van der Waals surface area contributed by atoms with E-state index in [4.69, 9.17) is 39.5 Å². The summed E-state index contributed by atoms with van der Waals surface area (Å²) in [4.78, 5) is 131. The highest BCUT2D eigenvalue weighted by molar-refractivity contribution is 5.98. The fourth-order valence-electron chi connectivity index (χ4n) is 10.4. The first-order valence-corrected chi connectivity index (χ1v) is 30.5. The summed E-state index contributed by atoms with van der Waals surface area (Å²) in [5.74, 6) is -8.27. The number of guanidine groups is 2. The Hall–Kier alpha value is -8.37. The molecule has 2 heterocycles. The van der Waals surface area contributed by atoms with E-state index in [1.165, 1.54) is 4.90 Å². The number of likely N-dealkylation sites (tertiary alicyclic amines) is 1. The number of benzene rings is 2. The highest BCUT2D eigenvalue weighted by atomic mass is 16.4. The molecule has 1 aromatic heterocycles. The van der Waals surface area contributed by atoms with Gasteiger partial charge in [0.1, 0.15) is 48.3 Å². The van der Waals surface area contributed by atoms with Gasteiger partial charge in [-0.1, -0.05) is 76.2 Å². The van der Waals surface area contributed by atoms with Crippen LogP contribution in [0.2, 0.25) is 0 Å². The third-order valence-corrected chi connectivity index (χ3v) is 15.2. The Morgan fingerprint density at radius 1 is 0.591 bits per heavy atom. The number of carboxylic acid groups (broad SMARTS) is 1. The van der Waals surface area contributed by atoms with E-state index < -0.39 is 114 Å². The monoisotopic (exact) mass is 1230 g/mol. The maximum atomic E-state index is 14.7. The minimum absolute atomic E-state index is 0.0216. The first-order valence-electron chi connectivity index (χ1n) is 30.5. The molecule has 28 nitrogen and oxygen atoms in total. The SMILES string of the molecule is CC(C)C[C@H](NC(=O)[C@H](Cc1c[nH]c2ccccc12)NC(=O)[C@@H](N)Cc1ccccc1)C(=O)N[C@@H](CCCCN)C(=O)N[C@@H](CCCNC(=N)N)C(=O)N[C@@H](CCCCN)C(=O)N[C@@H](CCCNC(=N)N)C(=O)N[C@H](C(=O)N1CCC[C@H]1C(=O)O)C(C)C. The van der Waals surface area contributed by atoms with Crippen LogP contribution in [0.5, 0.6) is 0 Å². The number of carbonyl (C=O) groups is 9. The zero-order chi connectivity index (χ0) is 64.9. The van der Waals surface area contributed by atoms with Crippen molar-refractivity contribution in [3.05, 3.63) is 71.9 Å². The zero-order valence-corrected chi connectivity index (χ0v) is 51.2. The predicted molar refractivity (Wildman–Crippen MR) is 334 cm³/mol. The molecule has 1 aliphatic rings. The van der Waals surface area contributed by atoms with E-state index in [9.17, 15) is 48.3 Å². The highest BCUT2D eigenvalue weighted by Crippen LogP contribution is 2.22. The van der Waals surface area contributed by atoms with Gasteiger partial charge in [0, 0.05) is 43.2 Å². The topological polar surface area (TPSA) is 479 Å². The second-order valence-corrected chi connectivity index (χ2v) is 23.1. The molecule has 486 valence electrons. The number of nitrogens with zero attached hydrogens (tertiary/aromatic N) is 1. The summed E-state index contributed by atoms with van der Waals surface area (Å²) in [6.45, 7) is 7.99. The van der Waals surface area contributed by atoms with Crippen molar-refractivity contribution in [1.29, 1.82) is 10.8 Å². The van der Waals surface area contributed by atoms with Crippen molar-refractivity contribution < 1.29 is 48.3 Å². The number of aliphatic carboxylic acids is 1. The Kier molecular flexibility index (Phi) is 30.6. The van der Waals surface area contributed by atoms with Crippen molar-refractivity contribution in [2.75, 3.05) is 32.7 Å². The molecule has 1 aliphatic heterocycles. The molecule has 0 saturated carbocycles. The van der Waals surface area contributed by atoms with Crippen molar-refractivity contribution in [1.82, 2.24) is 57.7 Å². The van der Waals surface area contributed by atoms with Gasteiger partial charge in [0.2, 0.25) is 47.3 Å². The number of aromatic amines is 1. The molecule has 0 bridgehead atoms. The van der Waals surface area contributed by atoms with E-state index in [0.717, 1.165) is 22.0 Å². The molecular weight excluding hydrogens is 1130 g/mol. The fourth-order valence-corrected chi connectivity index (χ4v) is 10.4. The number of carboxylic acids is 1. The van der Waals surface area contributed by atoms with E-state index in [1.807, 2.05) is 68.4 Å². The predicted octanol–water partition coefficient (Wildman–Crippen LogP) is -0.764. The molecular formula is C60H96N18O10.